The molecule has 0 saturated heterocycles. The van der Waals surface area contributed by atoms with Crippen molar-refractivity contribution in [1.82, 2.24) is 10.3 Å². The third kappa shape index (κ3) is 5.36. The summed E-state index contributed by atoms with van der Waals surface area (Å²) in [5.74, 6) is 0.930. The van der Waals surface area contributed by atoms with Crippen molar-refractivity contribution in [3.05, 3.63) is 53.8 Å². The summed E-state index contributed by atoms with van der Waals surface area (Å²) in [5, 5.41) is 7.65. The predicted octanol–water partition coefficient (Wildman–Crippen LogP) is 3.81. The van der Waals surface area contributed by atoms with Crippen molar-refractivity contribution in [3.63, 3.8) is 0 Å². The number of anilines is 1. The highest BCUT2D eigenvalue weighted by molar-refractivity contribution is 7.99. The number of halogens is 1. The Morgan fingerprint density at radius 1 is 1.15 bits per heavy atom. The van der Waals surface area contributed by atoms with Crippen molar-refractivity contribution < 1.29 is 0 Å². The summed E-state index contributed by atoms with van der Waals surface area (Å²) in [5.41, 5.74) is 0.933. The van der Waals surface area contributed by atoms with Crippen LogP contribution in [0.3, 0.4) is 0 Å². The molecule has 0 bridgehead atoms. The van der Waals surface area contributed by atoms with Gasteiger partial charge in [-0.2, -0.15) is 0 Å². The van der Waals surface area contributed by atoms with Crippen LogP contribution in [-0.2, 0) is 0 Å². The standard InChI is InChI=1S/C14H14ClN3S2/c15-11-1-3-13(4-2-11)20-10-9-17-14(19)18-12-5-7-16-8-6-12/h1-8H,9-10H2,(H2,16,17,18,19). The molecule has 0 atom stereocenters. The van der Waals surface area contributed by atoms with Crippen LogP contribution < -0.4 is 10.6 Å². The Kier molecular flexibility index (Phi) is 6.11. The lowest BCUT2D eigenvalue weighted by molar-refractivity contribution is 0.990. The summed E-state index contributed by atoms with van der Waals surface area (Å²) in [6.45, 7) is 0.796. The molecular formula is C14H14ClN3S2. The quantitative estimate of drug-likeness (QED) is 0.497. The fourth-order valence-corrected chi connectivity index (χ4v) is 2.59. The van der Waals surface area contributed by atoms with Crippen molar-refractivity contribution in [3.8, 4) is 0 Å². The van der Waals surface area contributed by atoms with E-state index in [1.54, 1.807) is 24.2 Å². The number of hydrogen-bond donors (Lipinski definition) is 2. The van der Waals surface area contributed by atoms with Crippen molar-refractivity contribution >= 4 is 46.4 Å². The van der Waals surface area contributed by atoms with Gasteiger partial charge in [-0.25, -0.2) is 0 Å². The van der Waals surface area contributed by atoms with Crippen LogP contribution in [0, 0.1) is 0 Å². The van der Waals surface area contributed by atoms with Crippen LogP contribution in [-0.4, -0.2) is 22.4 Å². The van der Waals surface area contributed by atoms with Crippen molar-refractivity contribution in [2.75, 3.05) is 17.6 Å². The van der Waals surface area contributed by atoms with Crippen LogP contribution in [0.1, 0.15) is 0 Å². The molecule has 2 rings (SSSR count). The number of thiocarbonyl (C=S) groups is 1. The van der Waals surface area contributed by atoms with E-state index in [4.69, 9.17) is 23.8 Å². The fourth-order valence-electron chi connectivity index (χ4n) is 1.47. The first-order valence-corrected chi connectivity index (χ1v) is 7.84. The third-order valence-electron chi connectivity index (χ3n) is 2.41. The number of nitrogens with zero attached hydrogens (tertiary/aromatic N) is 1. The minimum Gasteiger partial charge on any atom is -0.362 e. The Labute approximate surface area is 133 Å². The van der Waals surface area contributed by atoms with Gasteiger partial charge in [-0.1, -0.05) is 11.6 Å². The molecule has 104 valence electrons. The second kappa shape index (κ2) is 8.09. The van der Waals surface area contributed by atoms with Gasteiger partial charge < -0.3 is 10.6 Å². The van der Waals surface area contributed by atoms with Gasteiger partial charge in [-0.3, -0.25) is 4.98 Å². The Hall–Kier alpha value is -1.30. The van der Waals surface area contributed by atoms with E-state index in [-0.39, 0.29) is 0 Å². The van der Waals surface area contributed by atoms with Crippen molar-refractivity contribution in [1.29, 1.82) is 0 Å². The van der Waals surface area contributed by atoms with Crippen molar-refractivity contribution in [2.24, 2.45) is 0 Å². The Morgan fingerprint density at radius 2 is 1.85 bits per heavy atom. The molecule has 2 aromatic rings. The van der Waals surface area contributed by atoms with Gasteiger partial charge in [0.15, 0.2) is 5.11 Å². The second-order valence-corrected chi connectivity index (χ2v) is 5.93. The van der Waals surface area contributed by atoms with Gasteiger partial charge in [0.2, 0.25) is 0 Å². The highest BCUT2D eigenvalue weighted by Gasteiger charge is 1.98. The Bertz CT molecular complexity index is 546. The normalized spacial score (nSPS) is 10.1. The van der Waals surface area contributed by atoms with Crippen LogP contribution in [0.2, 0.25) is 5.02 Å². The van der Waals surface area contributed by atoms with Crippen molar-refractivity contribution in [2.45, 2.75) is 4.90 Å². The highest BCUT2D eigenvalue weighted by atomic mass is 35.5. The van der Waals surface area contributed by atoms with E-state index in [9.17, 15) is 0 Å². The molecule has 1 aromatic heterocycles. The van der Waals surface area contributed by atoms with Gasteiger partial charge in [0.25, 0.3) is 0 Å². The van der Waals surface area contributed by atoms with E-state index in [1.165, 1.54) is 4.90 Å². The highest BCUT2D eigenvalue weighted by Crippen LogP contribution is 2.19. The molecule has 0 fully saturated rings. The van der Waals surface area contributed by atoms with Gasteiger partial charge in [-0.15, -0.1) is 11.8 Å². The molecule has 0 amide bonds. The fraction of sp³-hybridized carbons (Fsp3) is 0.143. The molecule has 20 heavy (non-hydrogen) atoms. The maximum atomic E-state index is 5.84. The molecule has 0 aliphatic carbocycles. The predicted molar refractivity (Wildman–Crippen MR) is 90.6 cm³/mol. The lowest BCUT2D eigenvalue weighted by Gasteiger charge is -2.10. The maximum Gasteiger partial charge on any atom is 0.170 e. The van der Waals surface area contributed by atoms with E-state index < -0.39 is 0 Å². The lowest BCUT2D eigenvalue weighted by atomic mass is 10.4. The van der Waals surface area contributed by atoms with E-state index in [2.05, 4.69) is 15.6 Å². The first-order valence-electron chi connectivity index (χ1n) is 6.07. The molecule has 0 saturated carbocycles. The monoisotopic (exact) mass is 323 g/mol. The molecule has 0 spiro atoms. The average Bonchev–Trinajstić information content (AvgIpc) is 2.46. The molecule has 2 N–H and O–H groups in total. The van der Waals surface area contributed by atoms with Gasteiger partial charge >= 0.3 is 0 Å². The number of pyridine rings is 1. The largest absolute Gasteiger partial charge is 0.362 e. The summed E-state index contributed by atoms with van der Waals surface area (Å²) < 4.78 is 0. The summed E-state index contributed by atoms with van der Waals surface area (Å²) in [7, 11) is 0. The molecular weight excluding hydrogens is 310 g/mol. The van der Waals surface area contributed by atoms with E-state index in [0.29, 0.717) is 5.11 Å². The number of thioether (sulfide) groups is 1. The molecule has 1 aromatic carbocycles. The first kappa shape index (κ1) is 15.1. The smallest absolute Gasteiger partial charge is 0.170 e. The number of nitrogens with one attached hydrogen (secondary N) is 2. The van der Waals surface area contributed by atoms with E-state index >= 15 is 0 Å². The molecule has 0 radical (unpaired) electrons. The number of hydrogen-bond acceptors (Lipinski definition) is 3. The van der Waals surface area contributed by atoms with Crippen LogP contribution in [0.15, 0.2) is 53.7 Å². The Balaban J connectivity index is 1.66. The zero-order valence-corrected chi connectivity index (χ0v) is 13.1. The van der Waals surface area contributed by atoms with Crippen LogP contribution in [0.25, 0.3) is 0 Å². The van der Waals surface area contributed by atoms with Crippen LogP contribution >= 0.6 is 35.6 Å². The second-order valence-electron chi connectivity index (χ2n) is 3.92. The average molecular weight is 324 g/mol. The molecule has 6 heteroatoms. The van der Waals surface area contributed by atoms with E-state index in [0.717, 1.165) is 23.0 Å². The summed E-state index contributed by atoms with van der Waals surface area (Å²) in [6, 6.07) is 11.6. The third-order valence-corrected chi connectivity index (χ3v) is 3.92. The van der Waals surface area contributed by atoms with Gasteiger partial charge in [0.1, 0.15) is 0 Å². The summed E-state index contributed by atoms with van der Waals surface area (Å²) >= 11 is 12.8. The van der Waals surface area contributed by atoms with Gasteiger partial charge in [0, 0.05) is 40.3 Å². The number of aromatic nitrogens is 1. The minimum absolute atomic E-state index is 0.618. The minimum atomic E-state index is 0.618. The topological polar surface area (TPSA) is 37.0 Å². The van der Waals surface area contributed by atoms with E-state index in [1.807, 2.05) is 36.4 Å². The molecule has 3 nitrogen and oxygen atoms in total. The SMILES string of the molecule is S=C(NCCSc1ccc(Cl)cc1)Nc1ccncc1. The van der Waals surface area contributed by atoms with Crippen LogP contribution in [0.4, 0.5) is 5.69 Å². The molecule has 1 heterocycles. The zero-order chi connectivity index (χ0) is 14.2. The summed E-state index contributed by atoms with van der Waals surface area (Å²) in [6.07, 6.45) is 3.45. The zero-order valence-electron chi connectivity index (χ0n) is 10.7. The van der Waals surface area contributed by atoms with Gasteiger partial charge in [-0.05, 0) is 48.6 Å². The molecule has 0 aliphatic rings. The molecule has 0 unspecified atom stereocenters. The lowest BCUT2D eigenvalue weighted by Crippen LogP contribution is -2.30. The van der Waals surface area contributed by atoms with Gasteiger partial charge in [0.05, 0.1) is 0 Å². The molecule has 0 aliphatic heterocycles. The number of benzene rings is 1. The van der Waals surface area contributed by atoms with Crippen LogP contribution in [0.5, 0.6) is 0 Å². The maximum absolute atomic E-state index is 5.84. The summed E-state index contributed by atoms with van der Waals surface area (Å²) in [4.78, 5) is 5.15. The first-order chi connectivity index (χ1) is 9.74. The number of rotatable bonds is 5. The Morgan fingerprint density at radius 3 is 2.55 bits per heavy atom.